The number of hydrogen-bond acceptors (Lipinski definition) is 5. The number of nitrogens with one attached hydrogen (secondary N) is 2. The second-order valence-corrected chi connectivity index (χ2v) is 8.95. The van der Waals surface area contributed by atoms with Crippen LogP contribution in [-0.2, 0) is 4.74 Å². The first-order chi connectivity index (χ1) is 16.6. The van der Waals surface area contributed by atoms with Crippen molar-refractivity contribution in [1.82, 2.24) is 0 Å². The zero-order valence-electron chi connectivity index (χ0n) is 19.1. The van der Waals surface area contributed by atoms with Crippen molar-refractivity contribution in [2.45, 2.75) is 30.8 Å². The molecule has 1 heterocycles. The monoisotopic (exact) mass is 476 g/mol. The molecule has 0 radical (unpaired) electrons. The molecule has 1 saturated heterocycles. The molecule has 2 amide bonds. The van der Waals surface area contributed by atoms with Crippen molar-refractivity contribution < 1.29 is 19.1 Å². The van der Waals surface area contributed by atoms with Gasteiger partial charge in [-0.25, -0.2) is 0 Å². The SMILES string of the molecule is CCOc1ccc(NC(=O)c2ccc(NC(=O)c3ccccc3SC[C@@H]3CCCO3)cc2)cc1. The number of carbonyl (C=O) groups is 2. The van der Waals surface area contributed by atoms with E-state index in [-0.39, 0.29) is 17.9 Å². The lowest BCUT2D eigenvalue weighted by Crippen LogP contribution is -2.15. The van der Waals surface area contributed by atoms with Gasteiger partial charge in [0, 0.05) is 34.2 Å². The molecule has 1 aliphatic rings. The number of carbonyl (C=O) groups excluding carboxylic acids is 2. The standard InChI is InChI=1S/C27H28N2O4S/c1-2-32-22-15-13-21(14-16-22)28-26(30)19-9-11-20(12-10-19)29-27(31)24-7-3-4-8-25(24)34-18-23-6-5-17-33-23/h3-4,7-16,23H,2,5-6,17-18H2,1H3,(H,28,30)(H,29,31)/t23-/m0/s1. The number of amides is 2. The van der Waals surface area contributed by atoms with Crippen LogP contribution in [0.4, 0.5) is 11.4 Å². The van der Waals surface area contributed by atoms with Crippen LogP contribution in [0, 0.1) is 0 Å². The Morgan fingerprint density at radius 1 is 0.941 bits per heavy atom. The van der Waals surface area contributed by atoms with E-state index in [4.69, 9.17) is 9.47 Å². The fraction of sp³-hybridized carbons (Fsp3) is 0.259. The first-order valence-corrected chi connectivity index (χ1v) is 12.4. The summed E-state index contributed by atoms with van der Waals surface area (Å²) in [7, 11) is 0. The molecule has 34 heavy (non-hydrogen) atoms. The molecule has 0 unspecified atom stereocenters. The van der Waals surface area contributed by atoms with Crippen LogP contribution in [0.15, 0.2) is 77.7 Å². The van der Waals surface area contributed by atoms with Crippen LogP contribution < -0.4 is 15.4 Å². The lowest BCUT2D eigenvalue weighted by Gasteiger charge is -2.13. The molecule has 2 N–H and O–H groups in total. The quantitative estimate of drug-likeness (QED) is 0.378. The third-order valence-corrected chi connectivity index (χ3v) is 6.61. The number of benzene rings is 3. The Morgan fingerprint density at radius 3 is 2.29 bits per heavy atom. The normalized spacial score (nSPS) is 15.0. The Balaban J connectivity index is 1.35. The maximum Gasteiger partial charge on any atom is 0.256 e. The minimum atomic E-state index is -0.224. The van der Waals surface area contributed by atoms with E-state index in [2.05, 4.69) is 10.6 Å². The predicted molar refractivity (Wildman–Crippen MR) is 136 cm³/mol. The lowest BCUT2D eigenvalue weighted by molar-refractivity contribution is 0.101. The fourth-order valence-corrected chi connectivity index (χ4v) is 4.77. The molecule has 3 aromatic rings. The summed E-state index contributed by atoms with van der Waals surface area (Å²) in [4.78, 5) is 26.4. The Kier molecular flexibility index (Phi) is 8.22. The minimum absolute atomic E-state index is 0.179. The van der Waals surface area contributed by atoms with Crippen molar-refractivity contribution in [2.75, 3.05) is 29.6 Å². The summed E-state index contributed by atoms with van der Waals surface area (Å²) in [5, 5.41) is 5.79. The van der Waals surface area contributed by atoms with Crippen LogP contribution in [0.1, 0.15) is 40.5 Å². The van der Waals surface area contributed by atoms with E-state index in [0.717, 1.165) is 35.8 Å². The Labute approximate surface area is 204 Å². The molecule has 0 spiro atoms. The summed E-state index contributed by atoms with van der Waals surface area (Å²) in [5.41, 5.74) is 2.44. The summed E-state index contributed by atoms with van der Waals surface area (Å²) in [6.45, 7) is 3.34. The molecule has 7 heteroatoms. The molecular formula is C27H28N2O4S. The number of hydrogen-bond donors (Lipinski definition) is 2. The zero-order valence-corrected chi connectivity index (χ0v) is 19.9. The summed E-state index contributed by atoms with van der Waals surface area (Å²) < 4.78 is 11.1. The molecule has 0 bridgehead atoms. The first kappa shape index (κ1) is 23.9. The van der Waals surface area contributed by atoms with Crippen molar-refractivity contribution in [1.29, 1.82) is 0 Å². The first-order valence-electron chi connectivity index (χ1n) is 11.4. The maximum absolute atomic E-state index is 12.9. The van der Waals surface area contributed by atoms with Gasteiger partial charge in [-0.1, -0.05) is 12.1 Å². The highest BCUT2D eigenvalue weighted by Crippen LogP contribution is 2.27. The second kappa shape index (κ2) is 11.7. The van der Waals surface area contributed by atoms with E-state index in [0.29, 0.717) is 29.1 Å². The van der Waals surface area contributed by atoms with Crippen molar-refractivity contribution in [3.8, 4) is 5.75 Å². The highest BCUT2D eigenvalue weighted by atomic mass is 32.2. The summed E-state index contributed by atoms with van der Waals surface area (Å²) in [6.07, 6.45) is 2.42. The van der Waals surface area contributed by atoms with Crippen molar-refractivity contribution in [3.05, 3.63) is 83.9 Å². The summed E-state index contributed by atoms with van der Waals surface area (Å²) in [5.74, 6) is 1.19. The van der Waals surface area contributed by atoms with Crippen LogP contribution in [0.25, 0.3) is 0 Å². The lowest BCUT2D eigenvalue weighted by atomic mass is 10.1. The van der Waals surface area contributed by atoms with Gasteiger partial charge >= 0.3 is 0 Å². The second-order valence-electron chi connectivity index (χ2n) is 7.89. The molecule has 6 nitrogen and oxygen atoms in total. The van der Waals surface area contributed by atoms with Gasteiger partial charge in [-0.3, -0.25) is 9.59 Å². The average Bonchev–Trinajstić information content (AvgIpc) is 3.38. The molecule has 1 aliphatic heterocycles. The molecule has 1 fully saturated rings. The highest BCUT2D eigenvalue weighted by Gasteiger charge is 2.18. The number of anilines is 2. The average molecular weight is 477 g/mol. The Morgan fingerprint density at radius 2 is 1.62 bits per heavy atom. The fourth-order valence-electron chi connectivity index (χ4n) is 3.65. The van der Waals surface area contributed by atoms with Crippen molar-refractivity contribution in [2.24, 2.45) is 0 Å². The minimum Gasteiger partial charge on any atom is -0.494 e. The van der Waals surface area contributed by atoms with Crippen LogP contribution in [0.2, 0.25) is 0 Å². The molecule has 3 aromatic carbocycles. The van der Waals surface area contributed by atoms with Crippen molar-refractivity contribution in [3.63, 3.8) is 0 Å². The molecule has 0 saturated carbocycles. The van der Waals surface area contributed by atoms with Crippen molar-refractivity contribution >= 4 is 35.0 Å². The van der Waals surface area contributed by atoms with E-state index in [1.807, 2.05) is 43.3 Å². The number of rotatable bonds is 9. The maximum atomic E-state index is 12.9. The van der Waals surface area contributed by atoms with Gasteiger partial charge in [-0.15, -0.1) is 11.8 Å². The van der Waals surface area contributed by atoms with Gasteiger partial charge in [0.2, 0.25) is 0 Å². The Bertz CT molecular complexity index is 1110. The van der Waals surface area contributed by atoms with Gasteiger partial charge < -0.3 is 20.1 Å². The van der Waals surface area contributed by atoms with Gasteiger partial charge in [-0.2, -0.15) is 0 Å². The van der Waals surface area contributed by atoms with Crippen LogP contribution >= 0.6 is 11.8 Å². The number of thioether (sulfide) groups is 1. The van der Waals surface area contributed by atoms with E-state index in [1.54, 1.807) is 48.2 Å². The number of ether oxygens (including phenoxy) is 2. The van der Waals surface area contributed by atoms with E-state index >= 15 is 0 Å². The third kappa shape index (κ3) is 6.40. The molecule has 176 valence electrons. The van der Waals surface area contributed by atoms with Gasteiger partial charge in [0.25, 0.3) is 11.8 Å². The highest BCUT2D eigenvalue weighted by molar-refractivity contribution is 7.99. The summed E-state index contributed by atoms with van der Waals surface area (Å²) >= 11 is 1.65. The largest absolute Gasteiger partial charge is 0.494 e. The third-order valence-electron chi connectivity index (χ3n) is 5.41. The molecule has 0 aliphatic carbocycles. The molecular weight excluding hydrogens is 448 g/mol. The zero-order chi connectivity index (χ0) is 23.8. The molecule has 4 rings (SSSR count). The smallest absolute Gasteiger partial charge is 0.256 e. The van der Waals surface area contributed by atoms with E-state index in [1.165, 1.54) is 0 Å². The molecule has 0 aromatic heterocycles. The van der Waals surface area contributed by atoms with Crippen LogP contribution in [-0.4, -0.2) is 36.9 Å². The van der Waals surface area contributed by atoms with E-state index < -0.39 is 0 Å². The van der Waals surface area contributed by atoms with Gasteiger partial charge in [0.1, 0.15) is 5.75 Å². The van der Waals surface area contributed by atoms with Gasteiger partial charge in [0.15, 0.2) is 0 Å². The van der Waals surface area contributed by atoms with E-state index in [9.17, 15) is 9.59 Å². The van der Waals surface area contributed by atoms with Gasteiger partial charge in [-0.05, 0) is 80.4 Å². The van der Waals surface area contributed by atoms with Crippen LogP contribution in [0.5, 0.6) is 5.75 Å². The topological polar surface area (TPSA) is 76.7 Å². The predicted octanol–water partition coefficient (Wildman–Crippen LogP) is 5.86. The molecule has 1 atom stereocenters. The van der Waals surface area contributed by atoms with Crippen LogP contribution in [0.3, 0.4) is 0 Å². The van der Waals surface area contributed by atoms with Gasteiger partial charge in [0.05, 0.1) is 18.3 Å². The summed E-state index contributed by atoms with van der Waals surface area (Å²) in [6, 6.07) is 21.6. The Hall–Kier alpha value is -3.29.